The maximum Gasteiger partial charge on any atom is 0.417 e. The van der Waals surface area contributed by atoms with Crippen molar-refractivity contribution in [1.29, 1.82) is 5.41 Å². The van der Waals surface area contributed by atoms with E-state index in [0.29, 0.717) is 31.7 Å². The minimum Gasteiger partial charge on any atom is -0.385 e. The van der Waals surface area contributed by atoms with Crippen LogP contribution in [0.2, 0.25) is 0 Å². The fourth-order valence-corrected chi connectivity index (χ4v) is 3.99. The molecule has 2 aliphatic heterocycles. The molecule has 1 saturated heterocycles. The molecule has 0 aromatic carbocycles. The molecule has 1 amide bonds. The lowest BCUT2D eigenvalue weighted by atomic mass is 9.70. The van der Waals surface area contributed by atoms with E-state index in [2.05, 4.69) is 10.3 Å². The van der Waals surface area contributed by atoms with Gasteiger partial charge < -0.3 is 21.4 Å². The van der Waals surface area contributed by atoms with E-state index in [4.69, 9.17) is 11.1 Å². The van der Waals surface area contributed by atoms with Crippen molar-refractivity contribution in [3.05, 3.63) is 35.3 Å². The Morgan fingerprint density at radius 2 is 1.84 bits per heavy atom. The van der Waals surface area contributed by atoms with Crippen LogP contribution in [0.15, 0.2) is 29.7 Å². The number of hydrogen-bond acceptors (Lipinski definition) is 5. The first-order chi connectivity index (χ1) is 14.2. The number of carbonyl (C=O) groups excluding carboxylic acids is 1. The summed E-state index contributed by atoms with van der Waals surface area (Å²) in [6.07, 6.45) is -8.82. The minimum atomic E-state index is -4.78. The number of nitrogens with one attached hydrogen (secondary N) is 2. The van der Waals surface area contributed by atoms with Gasteiger partial charge in [-0.15, -0.1) is 0 Å². The normalized spacial score (nSPS) is 23.7. The first kappa shape index (κ1) is 22.9. The Kier molecular flexibility index (Phi) is 5.70. The molecule has 6 nitrogen and oxygen atoms in total. The van der Waals surface area contributed by atoms with Crippen LogP contribution in [0.5, 0.6) is 0 Å². The average molecular weight is 449 g/mol. The van der Waals surface area contributed by atoms with Crippen molar-refractivity contribution in [3.63, 3.8) is 0 Å². The molecule has 31 heavy (non-hydrogen) atoms. The Labute approximate surface area is 174 Å². The number of hydrogen-bond donors (Lipinski definition) is 3. The van der Waals surface area contributed by atoms with E-state index in [0.717, 1.165) is 19.2 Å². The van der Waals surface area contributed by atoms with E-state index in [1.54, 1.807) is 4.90 Å². The number of carbonyl (C=O) groups is 1. The van der Waals surface area contributed by atoms with E-state index in [-0.39, 0.29) is 5.71 Å². The Morgan fingerprint density at radius 1 is 1.23 bits per heavy atom. The van der Waals surface area contributed by atoms with Gasteiger partial charge in [-0.05, 0) is 31.9 Å². The van der Waals surface area contributed by atoms with Crippen molar-refractivity contribution in [1.82, 2.24) is 10.3 Å². The van der Waals surface area contributed by atoms with E-state index in [1.807, 2.05) is 0 Å². The number of aromatic nitrogens is 1. The highest BCUT2D eigenvalue weighted by atomic mass is 19.4. The van der Waals surface area contributed by atoms with Crippen LogP contribution >= 0.6 is 0 Å². The second-order valence-corrected chi connectivity index (χ2v) is 7.92. The van der Waals surface area contributed by atoms with Gasteiger partial charge in [-0.25, -0.2) is 4.98 Å². The number of allylic oxidation sites excluding steroid dienone is 1. The number of amides is 1. The summed E-state index contributed by atoms with van der Waals surface area (Å²) in [5.74, 6) is -1.55. The van der Waals surface area contributed by atoms with Gasteiger partial charge in [-0.3, -0.25) is 4.79 Å². The van der Waals surface area contributed by atoms with E-state index in [1.165, 1.54) is 6.07 Å². The van der Waals surface area contributed by atoms with Crippen molar-refractivity contribution in [3.8, 4) is 0 Å². The first-order valence-electron chi connectivity index (χ1n) is 9.48. The molecule has 1 aromatic heterocycles. The zero-order valence-electron chi connectivity index (χ0n) is 16.5. The monoisotopic (exact) mass is 449 g/mol. The van der Waals surface area contributed by atoms with Crippen molar-refractivity contribution in [2.75, 3.05) is 18.0 Å². The molecule has 2 aliphatic rings. The highest BCUT2D eigenvalue weighted by molar-refractivity contribution is 6.03. The van der Waals surface area contributed by atoms with E-state index >= 15 is 0 Å². The molecule has 12 heteroatoms. The van der Waals surface area contributed by atoms with Gasteiger partial charge in [0.1, 0.15) is 17.1 Å². The third-order valence-corrected chi connectivity index (χ3v) is 5.81. The number of nitrogens with two attached hydrogens (primary N) is 1. The lowest BCUT2D eigenvalue weighted by Crippen LogP contribution is -2.52. The van der Waals surface area contributed by atoms with Crippen LogP contribution in [0.1, 0.15) is 31.7 Å². The third-order valence-electron chi connectivity index (χ3n) is 5.81. The fraction of sp³-hybridized carbons (Fsp3) is 0.526. The van der Waals surface area contributed by atoms with Gasteiger partial charge in [0, 0.05) is 42.9 Å². The van der Waals surface area contributed by atoms with Crippen LogP contribution in [-0.4, -0.2) is 35.9 Å². The quantitative estimate of drug-likeness (QED) is 0.486. The Bertz CT molecular complexity index is 900. The molecule has 1 unspecified atom stereocenters. The smallest absolute Gasteiger partial charge is 0.385 e. The minimum absolute atomic E-state index is 0.280. The number of piperidine rings is 1. The van der Waals surface area contributed by atoms with Gasteiger partial charge in [0.25, 0.3) is 0 Å². The van der Waals surface area contributed by atoms with Crippen LogP contribution in [-0.2, 0) is 11.0 Å². The molecule has 0 aliphatic carbocycles. The number of halogens is 6. The first-order valence-corrected chi connectivity index (χ1v) is 9.48. The maximum atomic E-state index is 13.8. The predicted octanol–water partition coefficient (Wildman–Crippen LogP) is 3.60. The van der Waals surface area contributed by atoms with Crippen LogP contribution < -0.4 is 16.0 Å². The standard InChI is InChI=1S/C19H21F6N5O/c1-17(19(23,24)25)8-13(31)29-16(27)14(17)15(26)10-4-6-30(7-5-10)12-3-2-11(9-28-12)18(20,21)22/h2-3,9-10,26H,4-8,27H2,1H3,(H,29,31). The Morgan fingerprint density at radius 3 is 2.32 bits per heavy atom. The summed E-state index contributed by atoms with van der Waals surface area (Å²) in [7, 11) is 0. The number of alkyl halides is 6. The summed E-state index contributed by atoms with van der Waals surface area (Å²) >= 11 is 0. The summed E-state index contributed by atoms with van der Waals surface area (Å²) in [5.41, 5.74) is 1.57. The average Bonchev–Trinajstić information content (AvgIpc) is 2.66. The molecule has 4 N–H and O–H groups in total. The lowest BCUT2D eigenvalue weighted by molar-refractivity contribution is -0.206. The maximum absolute atomic E-state index is 13.8. The summed E-state index contributed by atoms with van der Waals surface area (Å²) in [6, 6.07) is 2.16. The molecule has 1 fully saturated rings. The molecule has 0 bridgehead atoms. The second-order valence-electron chi connectivity index (χ2n) is 7.92. The van der Waals surface area contributed by atoms with E-state index < -0.39 is 53.0 Å². The predicted molar refractivity (Wildman–Crippen MR) is 100 cm³/mol. The third kappa shape index (κ3) is 4.33. The van der Waals surface area contributed by atoms with Crippen molar-refractivity contribution >= 4 is 17.4 Å². The van der Waals surface area contributed by atoms with E-state index in [9.17, 15) is 31.1 Å². The van der Waals surface area contributed by atoms with Gasteiger partial charge in [0.2, 0.25) is 5.91 Å². The summed E-state index contributed by atoms with van der Waals surface area (Å²) in [6.45, 7) is 1.46. The zero-order valence-corrected chi connectivity index (χ0v) is 16.5. The van der Waals surface area contributed by atoms with Gasteiger partial charge in [0.05, 0.1) is 5.56 Å². The van der Waals surface area contributed by atoms with Gasteiger partial charge >= 0.3 is 12.4 Å². The van der Waals surface area contributed by atoms with Crippen molar-refractivity contribution in [2.24, 2.45) is 17.1 Å². The Balaban J connectivity index is 1.75. The topological polar surface area (TPSA) is 95.1 Å². The highest BCUT2D eigenvalue weighted by Gasteiger charge is 2.58. The van der Waals surface area contributed by atoms with Crippen LogP contribution in [0.25, 0.3) is 0 Å². The fourth-order valence-electron chi connectivity index (χ4n) is 3.99. The molecule has 3 heterocycles. The largest absolute Gasteiger partial charge is 0.417 e. The molecular weight excluding hydrogens is 428 g/mol. The summed E-state index contributed by atoms with van der Waals surface area (Å²) in [4.78, 5) is 17.2. The summed E-state index contributed by atoms with van der Waals surface area (Å²) < 4.78 is 79.4. The van der Waals surface area contributed by atoms with Crippen LogP contribution in [0, 0.1) is 16.7 Å². The molecular formula is C19H21F6N5O. The Hall–Kier alpha value is -2.79. The SMILES string of the molecule is CC1(C(F)(F)F)CC(=O)NC(N)=C1C(=N)C1CCN(c2ccc(C(F)(F)F)cn2)CC1. The summed E-state index contributed by atoms with van der Waals surface area (Å²) in [5, 5.41) is 10.6. The highest BCUT2D eigenvalue weighted by Crippen LogP contribution is 2.50. The molecule has 0 radical (unpaired) electrons. The molecule has 170 valence electrons. The zero-order chi connectivity index (χ0) is 23.2. The number of pyridine rings is 1. The number of anilines is 1. The molecule has 1 atom stereocenters. The van der Waals surface area contributed by atoms with Crippen molar-refractivity contribution in [2.45, 2.75) is 38.5 Å². The number of nitrogens with zero attached hydrogens (tertiary/aromatic N) is 2. The molecule has 0 spiro atoms. The van der Waals surface area contributed by atoms with Crippen molar-refractivity contribution < 1.29 is 31.1 Å². The number of rotatable bonds is 3. The van der Waals surface area contributed by atoms with Gasteiger partial charge in [-0.2, -0.15) is 26.3 Å². The second kappa shape index (κ2) is 7.72. The van der Waals surface area contributed by atoms with Gasteiger partial charge in [0.15, 0.2) is 0 Å². The molecule has 1 aromatic rings. The van der Waals surface area contributed by atoms with Crippen LogP contribution in [0.3, 0.4) is 0 Å². The lowest BCUT2D eigenvalue weighted by Gasteiger charge is -2.41. The molecule has 0 saturated carbocycles. The molecule has 3 rings (SSSR count). The van der Waals surface area contributed by atoms with Gasteiger partial charge in [-0.1, -0.05) is 0 Å². The van der Waals surface area contributed by atoms with Crippen LogP contribution in [0.4, 0.5) is 32.2 Å².